The minimum absolute atomic E-state index is 0.00489. The molecule has 0 fully saturated rings. The monoisotopic (exact) mass is 272 g/mol. The van der Waals surface area contributed by atoms with Gasteiger partial charge in [-0.1, -0.05) is 12.1 Å². The van der Waals surface area contributed by atoms with Crippen molar-refractivity contribution >= 4 is 17.4 Å². The Morgan fingerprint density at radius 1 is 1.25 bits per heavy atom. The van der Waals surface area contributed by atoms with Gasteiger partial charge in [-0.25, -0.2) is 0 Å². The van der Waals surface area contributed by atoms with E-state index < -0.39 is 0 Å². The van der Waals surface area contributed by atoms with Crippen LogP contribution in [-0.4, -0.2) is 29.8 Å². The maximum absolute atomic E-state index is 11.9. The highest BCUT2D eigenvalue weighted by atomic mass is 16.1. The molecule has 0 aliphatic rings. The van der Waals surface area contributed by atoms with E-state index in [0.29, 0.717) is 6.42 Å². The maximum atomic E-state index is 11.9. The van der Waals surface area contributed by atoms with Crippen LogP contribution >= 0.6 is 0 Å². The van der Waals surface area contributed by atoms with E-state index in [1.807, 2.05) is 14.1 Å². The van der Waals surface area contributed by atoms with E-state index in [1.165, 1.54) is 0 Å². The molecular weight excluding hydrogens is 252 g/mol. The number of nitrogens with zero attached hydrogens (tertiary/aromatic N) is 3. The van der Waals surface area contributed by atoms with Crippen LogP contribution < -0.4 is 10.2 Å². The summed E-state index contributed by atoms with van der Waals surface area (Å²) >= 11 is 0. The van der Waals surface area contributed by atoms with E-state index in [4.69, 9.17) is 0 Å². The number of aryl methyl sites for hydroxylation is 2. The third-order valence-corrected chi connectivity index (χ3v) is 3.18. The van der Waals surface area contributed by atoms with Crippen molar-refractivity contribution in [2.24, 2.45) is 7.05 Å². The quantitative estimate of drug-likeness (QED) is 0.906. The number of amides is 1. The average Bonchev–Trinajstić information content (AvgIpc) is 2.82. The average molecular weight is 272 g/mol. The largest absolute Gasteiger partial charge is 0.378 e. The van der Waals surface area contributed by atoms with Gasteiger partial charge in [-0.3, -0.25) is 9.48 Å². The molecule has 0 saturated heterocycles. The Morgan fingerprint density at radius 3 is 2.50 bits per heavy atom. The Morgan fingerprint density at radius 2 is 1.95 bits per heavy atom. The molecule has 5 heteroatoms. The van der Waals surface area contributed by atoms with Gasteiger partial charge < -0.3 is 10.2 Å². The second-order valence-electron chi connectivity index (χ2n) is 4.95. The number of hydrogen-bond acceptors (Lipinski definition) is 3. The molecule has 1 aromatic heterocycles. The fourth-order valence-corrected chi connectivity index (χ4v) is 1.92. The predicted molar refractivity (Wildman–Crippen MR) is 80.9 cm³/mol. The highest BCUT2D eigenvalue weighted by Crippen LogP contribution is 2.13. The summed E-state index contributed by atoms with van der Waals surface area (Å²) in [6.45, 7) is 0. The first-order valence-electron chi connectivity index (χ1n) is 6.60. The van der Waals surface area contributed by atoms with E-state index in [9.17, 15) is 4.79 Å². The zero-order valence-corrected chi connectivity index (χ0v) is 12.1. The molecule has 0 aliphatic carbocycles. The normalized spacial score (nSPS) is 10.3. The number of rotatable bonds is 5. The van der Waals surface area contributed by atoms with Crippen molar-refractivity contribution in [1.29, 1.82) is 0 Å². The number of carbonyl (C=O) groups excluding carboxylic acids is 1. The van der Waals surface area contributed by atoms with Crippen molar-refractivity contribution in [2.75, 3.05) is 24.3 Å². The third kappa shape index (κ3) is 3.60. The van der Waals surface area contributed by atoms with Gasteiger partial charge in [0.05, 0.1) is 6.20 Å². The summed E-state index contributed by atoms with van der Waals surface area (Å²) < 4.78 is 1.64. The van der Waals surface area contributed by atoms with Crippen LogP contribution in [0.25, 0.3) is 0 Å². The van der Waals surface area contributed by atoms with Crippen molar-refractivity contribution in [1.82, 2.24) is 9.78 Å². The molecule has 1 heterocycles. The van der Waals surface area contributed by atoms with Crippen LogP contribution in [0.15, 0.2) is 36.5 Å². The topological polar surface area (TPSA) is 50.2 Å². The van der Waals surface area contributed by atoms with Crippen molar-refractivity contribution in [3.8, 4) is 0 Å². The van der Waals surface area contributed by atoms with Crippen LogP contribution in [0.3, 0.4) is 0 Å². The maximum Gasteiger partial charge on any atom is 0.225 e. The Bertz CT molecular complexity index is 572. The summed E-state index contributed by atoms with van der Waals surface area (Å²) in [5.74, 6) is 0.725. The van der Waals surface area contributed by atoms with Gasteiger partial charge in [-0.15, -0.1) is 0 Å². The van der Waals surface area contributed by atoms with Crippen LogP contribution in [0.1, 0.15) is 12.0 Å². The lowest BCUT2D eigenvalue weighted by atomic mass is 10.1. The van der Waals surface area contributed by atoms with Gasteiger partial charge in [0.1, 0.15) is 5.82 Å². The lowest BCUT2D eigenvalue weighted by molar-refractivity contribution is -0.116. The molecular formula is C15H20N4O. The van der Waals surface area contributed by atoms with E-state index in [0.717, 1.165) is 23.5 Å². The molecule has 1 amide bonds. The van der Waals surface area contributed by atoms with Gasteiger partial charge in [0.15, 0.2) is 0 Å². The summed E-state index contributed by atoms with van der Waals surface area (Å²) in [5.41, 5.74) is 2.32. The molecule has 0 atom stereocenters. The Kier molecular flexibility index (Phi) is 4.40. The van der Waals surface area contributed by atoms with E-state index in [1.54, 1.807) is 24.0 Å². The standard InChI is InChI=1S/C15H20N4O/c1-18(2)13-7-4-12(5-8-13)6-9-15(20)17-14-10-11-16-19(14)3/h4-5,7-8,10-11H,6,9H2,1-3H3,(H,17,20). The third-order valence-electron chi connectivity index (χ3n) is 3.18. The molecule has 20 heavy (non-hydrogen) atoms. The summed E-state index contributed by atoms with van der Waals surface area (Å²) in [6.07, 6.45) is 2.86. The molecule has 0 unspecified atom stereocenters. The minimum Gasteiger partial charge on any atom is -0.378 e. The second-order valence-corrected chi connectivity index (χ2v) is 4.95. The van der Waals surface area contributed by atoms with Crippen LogP contribution in [0, 0.1) is 0 Å². The molecule has 5 nitrogen and oxygen atoms in total. The number of hydrogen-bond donors (Lipinski definition) is 1. The molecule has 0 saturated carbocycles. The molecule has 2 rings (SSSR count). The van der Waals surface area contributed by atoms with Crippen molar-refractivity contribution < 1.29 is 4.79 Å². The highest BCUT2D eigenvalue weighted by molar-refractivity contribution is 5.89. The highest BCUT2D eigenvalue weighted by Gasteiger charge is 2.06. The first-order chi connectivity index (χ1) is 9.56. The van der Waals surface area contributed by atoms with E-state index in [-0.39, 0.29) is 5.91 Å². The molecule has 1 N–H and O–H groups in total. The Labute approximate surface area is 119 Å². The molecule has 2 aromatic rings. The summed E-state index contributed by atoms with van der Waals surface area (Å²) in [7, 11) is 5.82. The van der Waals surface area contributed by atoms with Gasteiger partial charge in [0.25, 0.3) is 0 Å². The van der Waals surface area contributed by atoms with E-state index in [2.05, 4.69) is 39.6 Å². The predicted octanol–water partition coefficient (Wildman–Crippen LogP) is 2.06. The minimum atomic E-state index is 0.00489. The van der Waals surface area contributed by atoms with Crippen molar-refractivity contribution in [2.45, 2.75) is 12.8 Å². The zero-order valence-electron chi connectivity index (χ0n) is 12.1. The van der Waals surface area contributed by atoms with Gasteiger partial charge >= 0.3 is 0 Å². The lowest BCUT2D eigenvalue weighted by Crippen LogP contribution is -2.15. The molecule has 0 radical (unpaired) electrons. The van der Waals surface area contributed by atoms with Crippen LogP contribution in [0.2, 0.25) is 0 Å². The summed E-state index contributed by atoms with van der Waals surface area (Å²) in [6, 6.07) is 10.0. The molecule has 0 bridgehead atoms. The SMILES string of the molecule is CN(C)c1ccc(CCC(=O)Nc2ccnn2C)cc1. The Hall–Kier alpha value is -2.30. The smallest absolute Gasteiger partial charge is 0.225 e. The first-order valence-corrected chi connectivity index (χ1v) is 6.60. The lowest BCUT2D eigenvalue weighted by Gasteiger charge is -2.12. The Balaban J connectivity index is 1.85. The fourth-order valence-electron chi connectivity index (χ4n) is 1.92. The van der Waals surface area contributed by atoms with Gasteiger partial charge in [0.2, 0.25) is 5.91 Å². The molecule has 0 spiro atoms. The fraction of sp³-hybridized carbons (Fsp3) is 0.333. The number of anilines is 2. The number of nitrogens with one attached hydrogen (secondary N) is 1. The van der Waals surface area contributed by atoms with Crippen LogP contribution in [0.5, 0.6) is 0 Å². The first kappa shape index (κ1) is 14.1. The zero-order chi connectivity index (χ0) is 14.5. The van der Waals surface area contributed by atoms with Gasteiger partial charge in [-0.2, -0.15) is 5.10 Å². The van der Waals surface area contributed by atoms with Crippen LogP contribution in [-0.2, 0) is 18.3 Å². The summed E-state index contributed by atoms with van der Waals surface area (Å²) in [4.78, 5) is 13.9. The molecule has 1 aromatic carbocycles. The molecule has 0 aliphatic heterocycles. The van der Waals surface area contributed by atoms with Crippen molar-refractivity contribution in [3.05, 3.63) is 42.1 Å². The van der Waals surface area contributed by atoms with Gasteiger partial charge in [-0.05, 0) is 24.1 Å². The van der Waals surface area contributed by atoms with Gasteiger partial charge in [0, 0.05) is 39.3 Å². The van der Waals surface area contributed by atoms with Crippen LogP contribution in [0.4, 0.5) is 11.5 Å². The summed E-state index contributed by atoms with van der Waals surface area (Å²) in [5, 5.41) is 6.85. The second kappa shape index (κ2) is 6.23. The number of benzene rings is 1. The number of carbonyl (C=O) groups is 1. The molecule has 106 valence electrons. The van der Waals surface area contributed by atoms with Crippen molar-refractivity contribution in [3.63, 3.8) is 0 Å². The number of aromatic nitrogens is 2. The van der Waals surface area contributed by atoms with E-state index >= 15 is 0 Å².